The van der Waals surface area contributed by atoms with Gasteiger partial charge in [0, 0.05) is 4.47 Å². The maximum atomic E-state index is 12.1. The number of alkyl halides is 3. The predicted octanol–water partition coefficient (Wildman–Crippen LogP) is 4.03. The average Bonchev–Trinajstić information content (AvgIpc) is 2.12. The van der Waals surface area contributed by atoms with Crippen LogP contribution in [0.1, 0.15) is 6.92 Å². The fraction of sp³-hybridized carbons (Fsp3) is 0.400. The summed E-state index contributed by atoms with van der Waals surface area (Å²) in [6.45, 7) is 0.734. The molecule has 0 saturated heterocycles. The summed E-state index contributed by atoms with van der Waals surface area (Å²) < 4.78 is 42.2. The van der Waals surface area contributed by atoms with Crippen LogP contribution in [0.2, 0.25) is 0 Å². The number of hydrogen-bond acceptors (Lipinski definition) is 1. The van der Waals surface area contributed by atoms with Crippen molar-refractivity contribution >= 4 is 15.9 Å². The first-order valence-corrected chi connectivity index (χ1v) is 5.14. The maximum Gasteiger partial charge on any atom is 0.394 e. The van der Waals surface area contributed by atoms with Crippen LogP contribution in [0.3, 0.4) is 0 Å². The van der Waals surface area contributed by atoms with E-state index in [1.165, 1.54) is 0 Å². The largest absolute Gasteiger partial charge is 0.493 e. The SMILES string of the molecule is CC(COc1cccc(Br)c1)C(F)(F)F. The topological polar surface area (TPSA) is 9.23 Å². The highest BCUT2D eigenvalue weighted by Gasteiger charge is 2.36. The Balaban J connectivity index is 2.51. The Morgan fingerprint density at radius 3 is 2.60 bits per heavy atom. The highest BCUT2D eigenvalue weighted by molar-refractivity contribution is 9.10. The van der Waals surface area contributed by atoms with Gasteiger partial charge in [0.05, 0.1) is 12.5 Å². The minimum Gasteiger partial charge on any atom is -0.493 e. The van der Waals surface area contributed by atoms with Crippen molar-refractivity contribution in [1.29, 1.82) is 0 Å². The Morgan fingerprint density at radius 1 is 1.40 bits per heavy atom. The van der Waals surface area contributed by atoms with Crippen LogP contribution in [0.5, 0.6) is 5.75 Å². The zero-order valence-electron chi connectivity index (χ0n) is 8.01. The van der Waals surface area contributed by atoms with Gasteiger partial charge in [-0.25, -0.2) is 0 Å². The van der Waals surface area contributed by atoms with E-state index in [1.807, 2.05) is 0 Å². The molecule has 0 spiro atoms. The normalized spacial score (nSPS) is 13.7. The van der Waals surface area contributed by atoms with Crippen LogP contribution in [0.4, 0.5) is 13.2 Å². The molecule has 0 heterocycles. The van der Waals surface area contributed by atoms with Gasteiger partial charge in [0.1, 0.15) is 5.75 Å². The Kier molecular flexibility index (Phi) is 4.02. The van der Waals surface area contributed by atoms with E-state index in [-0.39, 0.29) is 6.61 Å². The van der Waals surface area contributed by atoms with Crippen molar-refractivity contribution in [3.05, 3.63) is 28.7 Å². The van der Waals surface area contributed by atoms with Gasteiger partial charge in [0.15, 0.2) is 0 Å². The second-order valence-corrected chi connectivity index (χ2v) is 4.13. The molecule has 1 unspecified atom stereocenters. The van der Waals surface area contributed by atoms with Gasteiger partial charge >= 0.3 is 6.18 Å². The van der Waals surface area contributed by atoms with Crippen LogP contribution in [-0.2, 0) is 0 Å². The first-order chi connectivity index (χ1) is 6.89. The third kappa shape index (κ3) is 4.11. The highest BCUT2D eigenvalue weighted by Crippen LogP contribution is 2.26. The number of halogens is 4. The molecule has 0 aliphatic carbocycles. The molecule has 1 nitrogen and oxygen atoms in total. The molecule has 0 fully saturated rings. The van der Waals surface area contributed by atoms with E-state index in [0.29, 0.717) is 5.75 Å². The van der Waals surface area contributed by atoms with E-state index in [9.17, 15) is 13.2 Å². The molecule has 0 N–H and O–H groups in total. The molecule has 1 atom stereocenters. The fourth-order valence-corrected chi connectivity index (χ4v) is 1.25. The standard InChI is InChI=1S/C10H10BrF3O/c1-7(10(12,13)14)6-15-9-4-2-3-8(11)5-9/h2-5,7H,6H2,1H3. The number of benzene rings is 1. The Morgan fingerprint density at radius 2 is 2.07 bits per heavy atom. The van der Waals surface area contributed by atoms with Gasteiger partial charge < -0.3 is 4.74 Å². The molecule has 0 saturated carbocycles. The van der Waals surface area contributed by atoms with Crippen LogP contribution >= 0.6 is 15.9 Å². The molecular weight excluding hydrogens is 273 g/mol. The van der Waals surface area contributed by atoms with E-state index in [0.717, 1.165) is 11.4 Å². The van der Waals surface area contributed by atoms with Crippen molar-refractivity contribution in [2.24, 2.45) is 5.92 Å². The van der Waals surface area contributed by atoms with Crippen LogP contribution < -0.4 is 4.74 Å². The summed E-state index contributed by atoms with van der Waals surface area (Å²) >= 11 is 3.21. The molecule has 0 aliphatic rings. The number of ether oxygens (including phenoxy) is 1. The molecule has 15 heavy (non-hydrogen) atoms. The Hall–Kier alpha value is -0.710. The van der Waals surface area contributed by atoms with Crippen LogP contribution in [0, 0.1) is 5.92 Å². The van der Waals surface area contributed by atoms with Gasteiger partial charge in [0.25, 0.3) is 0 Å². The summed E-state index contributed by atoms with van der Waals surface area (Å²) in [5, 5.41) is 0. The van der Waals surface area contributed by atoms with E-state index >= 15 is 0 Å². The lowest BCUT2D eigenvalue weighted by molar-refractivity contribution is -0.176. The molecular formula is C10H10BrF3O. The molecule has 1 aromatic carbocycles. The lowest BCUT2D eigenvalue weighted by Crippen LogP contribution is -2.25. The Labute approximate surface area is 94.4 Å². The number of hydrogen-bond donors (Lipinski definition) is 0. The lowest BCUT2D eigenvalue weighted by Gasteiger charge is -2.16. The second-order valence-electron chi connectivity index (χ2n) is 3.21. The second kappa shape index (κ2) is 4.88. The molecule has 0 aromatic heterocycles. The van der Waals surface area contributed by atoms with Crippen molar-refractivity contribution in [3.8, 4) is 5.75 Å². The minimum atomic E-state index is -4.20. The summed E-state index contributed by atoms with van der Waals surface area (Å²) in [5.74, 6) is -1.03. The third-order valence-electron chi connectivity index (χ3n) is 1.85. The van der Waals surface area contributed by atoms with Crippen LogP contribution in [0.25, 0.3) is 0 Å². The van der Waals surface area contributed by atoms with Crippen LogP contribution in [0.15, 0.2) is 28.7 Å². The van der Waals surface area contributed by atoms with Gasteiger partial charge in [-0.05, 0) is 18.2 Å². The first kappa shape index (κ1) is 12.4. The molecule has 84 valence electrons. The van der Waals surface area contributed by atoms with Crippen molar-refractivity contribution in [2.75, 3.05) is 6.61 Å². The van der Waals surface area contributed by atoms with E-state index in [2.05, 4.69) is 15.9 Å². The molecule has 5 heteroatoms. The zero-order chi connectivity index (χ0) is 11.5. The minimum absolute atomic E-state index is 0.361. The quantitative estimate of drug-likeness (QED) is 0.814. The van der Waals surface area contributed by atoms with Gasteiger partial charge in [-0.3, -0.25) is 0 Å². The van der Waals surface area contributed by atoms with Crippen molar-refractivity contribution in [3.63, 3.8) is 0 Å². The molecule has 0 radical (unpaired) electrons. The Bertz CT molecular complexity index is 325. The van der Waals surface area contributed by atoms with Gasteiger partial charge in [-0.1, -0.05) is 28.9 Å². The van der Waals surface area contributed by atoms with Crippen molar-refractivity contribution in [2.45, 2.75) is 13.1 Å². The van der Waals surface area contributed by atoms with Crippen molar-refractivity contribution < 1.29 is 17.9 Å². The summed E-state index contributed by atoms with van der Waals surface area (Å²) in [4.78, 5) is 0. The fourth-order valence-electron chi connectivity index (χ4n) is 0.872. The van der Waals surface area contributed by atoms with Gasteiger partial charge in [-0.2, -0.15) is 13.2 Å². The monoisotopic (exact) mass is 282 g/mol. The molecule has 1 aromatic rings. The summed E-state index contributed by atoms with van der Waals surface area (Å²) in [6.07, 6.45) is -4.20. The number of rotatable bonds is 3. The smallest absolute Gasteiger partial charge is 0.394 e. The highest BCUT2D eigenvalue weighted by atomic mass is 79.9. The van der Waals surface area contributed by atoms with E-state index < -0.39 is 12.1 Å². The van der Waals surface area contributed by atoms with Crippen LogP contribution in [-0.4, -0.2) is 12.8 Å². The first-order valence-electron chi connectivity index (χ1n) is 4.34. The third-order valence-corrected chi connectivity index (χ3v) is 2.35. The maximum absolute atomic E-state index is 12.1. The predicted molar refractivity (Wildman–Crippen MR) is 54.9 cm³/mol. The van der Waals surface area contributed by atoms with Crippen molar-refractivity contribution in [1.82, 2.24) is 0 Å². The van der Waals surface area contributed by atoms with E-state index in [4.69, 9.17) is 4.74 Å². The summed E-state index contributed by atoms with van der Waals surface area (Å²) in [6, 6.07) is 6.73. The summed E-state index contributed by atoms with van der Waals surface area (Å²) in [5.41, 5.74) is 0. The molecule has 0 aliphatic heterocycles. The van der Waals surface area contributed by atoms with Gasteiger partial charge in [0.2, 0.25) is 0 Å². The van der Waals surface area contributed by atoms with Gasteiger partial charge in [-0.15, -0.1) is 0 Å². The molecule has 1 rings (SSSR count). The van der Waals surface area contributed by atoms with E-state index in [1.54, 1.807) is 24.3 Å². The molecule has 0 bridgehead atoms. The summed E-state index contributed by atoms with van der Waals surface area (Å²) in [7, 11) is 0. The lowest BCUT2D eigenvalue weighted by atomic mass is 10.2. The zero-order valence-corrected chi connectivity index (χ0v) is 9.60. The molecule has 0 amide bonds. The average molecular weight is 283 g/mol.